The maximum Gasteiger partial charge on any atom is 0.132 e. The maximum atomic E-state index is 9.45. The number of allylic oxidation sites excluding steroid dienone is 9. The molecule has 0 spiro atoms. The van der Waals surface area contributed by atoms with E-state index in [9.17, 15) is 10.5 Å². The first-order valence-electron chi connectivity index (χ1n) is 16.5. The maximum absolute atomic E-state index is 9.45. The highest BCUT2D eigenvalue weighted by molar-refractivity contribution is 5.77. The predicted octanol–water partition coefficient (Wildman–Crippen LogP) is 11.2. The highest BCUT2D eigenvalue weighted by Gasteiger charge is 2.28. The van der Waals surface area contributed by atoms with Gasteiger partial charge in [-0.05, 0) is 120 Å². The Morgan fingerprint density at radius 1 is 0.688 bits per heavy atom. The van der Waals surface area contributed by atoms with Gasteiger partial charge in [-0.2, -0.15) is 10.5 Å². The predicted molar refractivity (Wildman–Crippen MR) is 196 cm³/mol. The van der Waals surface area contributed by atoms with Gasteiger partial charge in [-0.1, -0.05) is 81.9 Å². The number of nitriles is 2. The molecule has 1 unspecified atom stereocenters. The zero-order valence-electron chi connectivity index (χ0n) is 29.0. The first kappa shape index (κ1) is 34.1. The summed E-state index contributed by atoms with van der Waals surface area (Å²) in [5.41, 5.74) is 8.03. The quantitative estimate of drug-likeness (QED) is 0.219. The molecule has 3 aromatic rings. The topological polar surface area (TPSA) is 69.3 Å². The Bertz CT molecular complexity index is 1780. The van der Waals surface area contributed by atoms with E-state index in [1.54, 1.807) is 14.2 Å². The number of rotatable bonds is 9. The average Bonchev–Trinajstić information content (AvgIpc) is 3.07. The van der Waals surface area contributed by atoms with Crippen molar-refractivity contribution in [3.63, 3.8) is 0 Å². The molecule has 3 aromatic carbocycles. The van der Waals surface area contributed by atoms with Crippen LogP contribution in [0.3, 0.4) is 0 Å². The molecule has 2 aliphatic rings. The Labute approximate surface area is 286 Å². The fraction of sp³-hybridized carbons (Fsp3) is 0.302. The van der Waals surface area contributed by atoms with Gasteiger partial charge in [-0.25, -0.2) is 0 Å². The van der Waals surface area contributed by atoms with Gasteiger partial charge >= 0.3 is 0 Å². The summed E-state index contributed by atoms with van der Waals surface area (Å²) in [7, 11) is 3.36. The van der Waals surface area contributed by atoms with Gasteiger partial charge in [-0.3, -0.25) is 0 Å². The highest BCUT2D eigenvalue weighted by atomic mass is 16.5. The second kappa shape index (κ2) is 14.7. The molecule has 0 aromatic heterocycles. The molecule has 2 aliphatic carbocycles. The molecule has 0 saturated heterocycles. The Morgan fingerprint density at radius 3 is 1.73 bits per heavy atom. The number of hydrogen-bond acceptors (Lipinski definition) is 5. The third kappa shape index (κ3) is 8.55. The largest absolute Gasteiger partial charge is 0.497 e. The fourth-order valence-electron chi connectivity index (χ4n) is 6.88. The van der Waals surface area contributed by atoms with Gasteiger partial charge in [0.1, 0.15) is 29.2 Å². The number of benzene rings is 3. The van der Waals surface area contributed by atoms with Crippen LogP contribution in [-0.4, -0.2) is 14.2 Å². The minimum Gasteiger partial charge on any atom is -0.497 e. The van der Waals surface area contributed by atoms with Crippen molar-refractivity contribution in [1.29, 1.82) is 10.5 Å². The van der Waals surface area contributed by atoms with Crippen molar-refractivity contribution < 1.29 is 9.47 Å². The molecule has 0 radical (unpaired) electrons. The minimum atomic E-state index is 0.00808. The van der Waals surface area contributed by atoms with Gasteiger partial charge in [0.2, 0.25) is 0 Å². The Kier molecular flexibility index (Phi) is 10.4. The summed E-state index contributed by atoms with van der Waals surface area (Å²) in [6.45, 7) is 9.09. The molecule has 0 fully saturated rings. The Balaban J connectivity index is 1.37. The SMILES string of the molecule is COc1ccc(N(c2ccc(/C=C/C3=CC(/C=C/C4=CC(=C(C#N)C#N)CC(C)(C)C4)CC(C)(C)C3)cc2)c2ccc(OC)cc2)cc1. The second-order valence-corrected chi connectivity index (χ2v) is 14.3. The van der Waals surface area contributed by atoms with Gasteiger partial charge < -0.3 is 14.4 Å². The van der Waals surface area contributed by atoms with Gasteiger partial charge in [0.25, 0.3) is 0 Å². The zero-order chi connectivity index (χ0) is 34.3. The summed E-state index contributed by atoms with van der Waals surface area (Å²) in [4.78, 5) is 2.22. The second-order valence-electron chi connectivity index (χ2n) is 14.3. The molecular formula is C43H45N3O2. The van der Waals surface area contributed by atoms with Crippen molar-refractivity contribution in [2.24, 2.45) is 16.7 Å². The number of ether oxygens (including phenoxy) is 2. The third-order valence-corrected chi connectivity index (χ3v) is 9.02. The lowest BCUT2D eigenvalue weighted by Crippen LogP contribution is -2.21. The monoisotopic (exact) mass is 635 g/mol. The van der Waals surface area contributed by atoms with E-state index in [1.165, 1.54) is 11.1 Å². The van der Waals surface area contributed by atoms with Crippen LogP contribution in [0, 0.1) is 39.4 Å². The van der Waals surface area contributed by atoms with E-state index < -0.39 is 0 Å². The van der Waals surface area contributed by atoms with Gasteiger partial charge in [0, 0.05) is 17.1 Å². The Morgan fingerprint density at radius 2 is 1.21 bits per heavy atom. The number of hydrogen-bond donors (Lipinski definition) is 0. The summed E-state index contributed by atoms with van der Waals surface area (Å²) in [6, 6.07) is 29.0. The van der Waals surface area contributed by atoms with E-state index >= 15 is 0 Å². The molecule has 0 amide bonds. The smallest absolute Gasteiger partial charge is 0.132 e. The van der Waals surface area contributed by atoms with E-state index in [1.807, 2.05) is 24.3 Å². The van der Waals surface area contributed by atoms with Crippen molar-refractivity contribution in [2.45, 2.75) is 53.4 Å². The van der Waals surface area contributed by atoms with Crippen LogP contribution in [0.5, 0.6) is 11.5 Å². The van der Waals surface area contributed by atoms with E-state index in [0.717, 1.165) is 65.4 Å². The lowest BCUT2D eigenvalue weighted by molar-refractivity contribution is 0.295. The molecule has 244 valence electrons. The van der Waals surface area contributed by atoms with Crippen molar-refractivity contribution >= 4 is 23.1 Å². The summed E-state index contributed by atoms with van der Waals surface area (Å²) < 4.78 is 10.8. The van der Waals surface area contributed by atoms with Crippen molar-refractivity contribution in [1.82, 2.24) is 0 Å². The van der Waals surface area contributed by atoms with Crippen molar-refractivity contribution in [3.05, 3.63) is 131 Å². The average molecular weight is 636 g/mol. The molecule has 1 atom stereocenters. The number of anilines is 3. The van der Waals surface area contributed by atoms with E-state index in [0.29, 0.717) is 5.92 Å². The first-order chi connectivity index (χ1) is 23.0. The minimum absolute atomic E-state index is 0.00808. The first-order valence-corrected chi connectivity index (χ1v) is 16.5. The van der Waals surface area contributed by atoms with E-state index in [2.05, 4.69) is 130 Å². The summed E-state index contributed by atoms with van der Waals surface area (Å²) >= 11 is 0. The third-order valence-electron chi connectivity index (χ3n) is 9.02. The lowest BCUT2D eigenvalue weighted by atomic mass is 9.71. The van der Waals surface area contributed by atoms with Crippen LogP contribution in [0.1, 0.15) is 58.9 Å². The van der Waals surface area contributed by atoms with E-state index in [-0.39, 0.29) is 16.4 Å². The van der Waals surface area contributed by atoms with Crippen molar-refractivity contribution in [3.8, 4) is 23.6 Å². The molecule has 0 N–H and O–H groups in total. The van der Waals surface area contributed by atoms with Crippen LogP contribution in [0.4, 0.5) is 17.1 Å². The van der Waals surface area contributed by atoms with Crippen LogP contribution in [0.2, 0.25) is 0 Å². The standard InChI is InChI=1S/C43H45N3O2/c1-42(2)25-32(23-33(26-42)9-10-34-24-35(36(29-44)30-45)28-43(3,4)27-34)8-7-31-11-13-37(14-12-31)46(38-15-19-40(47-5)20-16-38)39-17-21-41(48-6)22-18-39/h7-24,33H,25-28H2,1-6H3/b8-7+,10-9+. The van der Waals surface area contributed by atoms with Crippen LogP contribution in [0.15, 0.2) is 125 Å². The zero-order valence-corrected chi connectivity index (χ0v) is 29.0. The molecule has 48 heavy (non-hydrogen) atoms. The van der Waals surface area contributed by atoms with Crippen LogP contribution < -0.4 is 14.4 Å². The molecule has 5 rings (SSSR count). The molecule has 0 saturated carbocycles. The summed E-state index contributed by atoms with van der Waals surface area (Å²) in [6.07, 6.45) is 17.2. The summed E-state index contributed by atoms with van der Waals surface area (Å²) in [5, 5.41) is 18.9. The van der Waals surface area contributed by atoms with Gasteiger partial charge in [-0.15, -0.1) is 0 Å². The molecule has 0 heterocycles. The molecule has 5 nitrogen and oxygen atoms in total. The van der Waals surface area contributed by atoms with Crippen LogP contribution in [-0.2, 0) is 0 Å². The number of nitrogens with zero attached hydrogens (tertiary/aromatic N) is 3. The van der Waals surface area contributed by atoms with E-state index in [4.69, 9.17) is 9.47 Å². The highest BCUT2D eigenvalue weighted by Crippen LogP contribution is 2.42. The normalized spacial score (nSPS) is 18.4. The van der Waals surface area contributed by atoms with Crippen molar-refractivity contribution in [2.75, 3.05) is 19.1 Å². The van der Waals surface area contributed by atoms with Gasteiger partial charge in [0.15, 0.2) is 0 Å². The molecule has 5 heteroatoms. The fourth-order valence-corrected chi connectivity index (χ4v) is 6.88. The number of methoxy groups -OCH3 is 2. The Hall–Kier alpha value is -5.26. The van der Waals surface area contributed by atoms with Crippen LogP contribution in [0.25, 0.3) is 6.08 Å². The van der Waals surface area contributed by atoms with Crippen LogP contribution >= 0.6 is 0 Å². The van der Waals surface area contributed by atoms with Gasteiger partial charge in [0.05, 0.1) is 14.2 Å². The molecule has 0 aliphatic heterocycles. The summed E-state index contributed by atoms with van der Waals surface area (Å²) in [5.74, 6) is 1.94. The molecule has 0 bridgehead atoms. The molecular weight excluding hydrogens is 590 g/mol. The lowest BCUT2D eigenvalue weighted by Gasteiger charge is -2.33.